The lowest BCUT2D eigenvalue weighted by Crippen LogP contribution is -2.75. The van der Waals surface area contributed by atoms with E-state index in [0.29, 0.717) is 11.2 Å². The normalized spacial score (nSPS) is 24.0. The van der Waals surface area contributed by atoms with E-state index in [1.54, 1.807) is 0 Å². The molecule has 3 aliphatic rings. The molecule has 0 spiro atoms. The lowest BCUT2D eigenvalue weighted by molar-refractivity contribution is -0.169. The molecule has 0 aliphatic heterocycles. The Balaban J connectivity index is 1.30. The standard InChI is InChI=1S/C25H25N5O/c1-3-20(31)27-25-11-24(12-25,13-25)14-30-9-8-16-10-17(5-7-19(16)30)21-15(2)4-6-18-22(21)23(26)29-28-18/h3-10H,1,11-14H2,2H3,(H,27,31)(H3,26,28,29). The van der Waals surface area contributed by atoms with Gasteiger partial charge in [0.05, 0.1) is 10.9 Å². The summed E-state index contributed by atoms with van der Waals surface area (Å²) in [5, 5.41) is 12.5. The number of aromatic nitrogens is 3. The summed E-state index contributed by atoms with van der Waals surface area (Å²) < 4.78 is 2.36. The minimum atomic E-state index is -0.0594. The lowest BCUT2D eigenvalue weighted by atomic mass is 9.39. The summed E-state index contributed by atoms with van der Waals surface area (Å²) in [4.78, 5) is 11.7. The molecule has 4 aromatic rings. The van der Waals surface area contributed by atoms with Crippen molar-refractivity contribution < 1.29 is 4.79 Å². The van der Waals surface area contributed by atoms with Gasteiger partial charge in [0.25, 0.3) is 0 Å². The number of carbonyl (C=O) groups is 1. The van der Waals surface area contributed by atoms with Crippen LogP contribution in [0.2, 0.25) is 0 Å². The van der Waals surface area contributed by atoms with Gasteiger partial charge < -0.3 is 15.6 Å². The van der Waals surface area contributed by atoms with Gasteiger partial charge in [-0.1, -0.05) is 18.7 Å². The van der Waals surface area contributed by atoms with Crippen LogP contribution >= 0.6 is 0 Å². The zero-order valence-corrected chi connectivity index (χ0v) is 17.5. The fraction of sp³-hybridized carbons (Fsp3) is 0.280. The number of hydrogen-bond acceptors (Lipinski definition) is 3. The van der Waals surface area contributed by atoms with Gasteiger partial charge >= 0.3 is 0 Å². The Bertz CT molecular complexity index is 1370. The summed E-state index contributed by atoms with van der Waals surface area (Å²) in [6, 6.07) is 13.0. The number of anilines is 1. The average molecular weight is 412 g/mol. The van der Waals surface area contributed by atoms with E-state index in [2.05, 4.69) is 70.1 Å². The highest BCUT2D eigenvalue weighted by Gasteiger charge is 2.68. The molecule has 6 nitrogen and oxygen atoms in total. The van der Waals surface area contributed by atoms with E-state index >= 15 is 0 Å². The van der Waals surface area contributed by atoms with E-state index in [0.717, 1.165) is 47.8 Å². The summed E-state index contributed by atoms with van der Waals surface area (Å²) in [5.41, 5.74) is 12.2. The fourth-order valence-electron chi connectivity index (χ4n) is 6.08. The summed E-state index contributed by atoms with van der Waals surface area (Å²) >= 11 is 0. The monoisotopic (exact) mass is 411 g/mol. The van der Waals surface area contributed by atoms with E-state index < -0.39 is 0 Å². The van der Waals surface area contributed by atoms with Crippen LogP contribution in [0.15, 0.2) is 55.3 Å². The molecule has 0 atom stereocenters. The summed E-state index contributed by atoms with van der Waals surface area (Å²) in [7, 11) is 0. The van der Waals surface area contributed by atoms with Crippen molar-refractivity contribution in [2.75, 3.05) is 5.73 Å². The fourth-order valence-corrected chi connectivity index (χ4v) is 6.08. The molecule has 6 heteroatoms. The molecule has 31 heavy (non-hydrogen) atoms. The zero-order chi connectivity index (χ0) is 21.4. The first kappa shape index (κ1) is 18.2. The molecule has 4 N–H and O–H groups in total. The first-order chi connectivity index (χ1) is 14.9. The predicted molar refractivity (Wildman–Crippen MR) is 124 cm³/mol. The molecule has 0 unspecified atom stereocenters. The largest absolute Gasteiger partial charge is 0.382 e. The Morgan fingerprint density at radius 1 is 1.29 bits per heavy atom. The molecule has 0 radical (unpaired) electrons. The number of nitrogens with two attached hydrogens (primary N) is 1. The first-order valence-electron chi connectivity index (χ1n) is 10.7. The van der Waals surface area contributed by atoms with Crippen molar-refractivity contribution in [1.82, 2.24) is 20.1 Å². The molecule has 1 amide bonds. The van der Waals surface area contributed by atoms with Gasteiger partial charge in [0.15, 0.2) is 5.82 Å². The molecular formula is C25H25N5O. The number of hydrogen-bond donors (Lipinski definition) is 3. The van der Waals surface area contributed by atoms with Gasteiger partial charge in [0.1, 0.15) is 0 Å². The van der Waals surface area contributed by atoms with E-state index in [4.69, 9.17) is 5.73 Å². The molecule has 2 heterocycles. The van der Waals surface area contributed by atoms with Crippen molar-refractivity contribution in [3.8, 4) is 11.1 Å². The quantitative estimate of drug-likeness (QED) is 0.428. The number of carbonyl (C=O) groups excluding carboxylic acids is 1. The van der Waals surface area contributed by atoms with Gasteiger partial charge in [-0.05, 0) is 78.6 Å². The Labute approximate surface area is 180 Å². The highest BCUT2D eigenvalue weighted by Crippen LogP contribution is 2.68. The number of H-pyrrole nitrogens is 1. The number of nitrogen functional groups attached to an aromatic ring is 1. The highest BCUT2D eigenvalue weighted by atomic mass is 16.1. The predicted octanol–water partition coefficient (Wildman–Crippen LogP) is 4.30. The summed E-state index contributed by atoms with van der Waals surface area (Å²) in [6.45, 7) is 6.66. The third-order valence-corrected chi connectivity index (χ3v) is 7.25. The lowest BCUT2D eigenvalue weighted by Gasteiger charge is -2.70. The smallest absolute Gasteiger partial charge is 0.243 e. The van der Waals surface area contributed by atoms with E-state index in [9.17, 15) is 4.79 Å². The molecule has 3 fully saturated rings. The van der Waals surface area contributed by atoms with Crippen LogP contribution in [0.3, 0.4) is 0 Å². The van der Waals surface area contributed by atoms with Gasteiger partial charge in [0.2, 0.25) is 5.91 Å². The Hall–Kier alpha value is -3.54. The number of benzene rings is 2. The maximum absolute atomic E-state index is 11.7. The maximum Gasteiger partial charge on any atom is 0.243 e. The molecule has 7 rings (SSSR count). The number of aromatic amines is 1. The zero-order valence-electron chi connectivity index (χ0n) is 17.5. The number of aryl methyl sites for hydroxylation is 1. The highest BCUT2D eigenvalue weighted by molar-refractivity contribution is 6.04. The average Bonchev–Trinajstić information content (AvgIpc) is 3.28. The van der Waals surface area contributed by atoms with Crippen LogP contribution in [0.25, 0.3) is 32.9 Å². The van der Waals surface area contributed by atoms with Gasteiger partial charge in [0, 0.05) is 29.2 Å². The molecule has 3 saturated carbocycles. The topological polar surface area (TPSA) is 88.7 Å². The molecular weight excluding hydrogens is 386 g/mol. The van der Waals surface area contributed by atoms with Crippen LogP contribution < -0.4 is 11.1 Å². The molecule has 0 saturated heterocycles. The van der Waals surface area contributed by atoms with E-state index in [1.165, 1.54) is 22.5 Å². The van der Waals surface area contributed by atoms with E-state index in [-0.39, 0.29) is 11.4 Å². The second-order valence-corrected chi connectivity index (χ2v) is 9.51. The van der Waals surface area contributed by atoms with Crippen molar-refractivity contribution in [2.24, 2.45) is 5.41 Å². The van der Waals surface area contributed by atoms with E-state index in [1.807, 2.05) is 6.07 Å². The molecule has 156 valence electrons. The second-order valence-electron chi connectivity index (χ2n) is 9.51. The third kappa shape index (κ3) is 2.57. The van der Waals surface area contributed by atoms with Gasteiger partial charge in [-0.15, -0.1) is 0 Å². The van der Waals surface area contributed by atoms with Crippen molar-refractivity contribution in [1.29, 1.82) is 0 Å². The summed E-state index contributed by atoms with van der Waals surface area (Å²) in [6.07, 6.45) is 6.71. The van der Waals surface area contributed by atoms with Gasteiger partial charge in [-0.25, -0.2) is 0 Å². The number of rotatable bonds is 5. The van der Waals surface area contributed by atoms with Crippen molar-refractivity contribution in [3.05, 3.63) is 60.8 Å². The molecule has 2 aromatic heterocycles. The Kier molecular flexibility index (Phi) is 3.53. The van der Waals surface area contributed by atoms with Crippen molar-refractivity contribution >= 4 is 33.5 Å². The van der Waals surface area contributed by atoms with Crippen LogP contribution in [0.5, 0.6) is 0 Å². The van der Waals surface area contributed by atoms with Crippen LogP contribution in [0, 0.1) is 12.3 Å². The molecule has 2 bridgehead atoms. The van der Waals surface area contributed by atoms with Crippen LogP contribution in [0.1, 0.15) is 24.8 Å². The summed E-state index contributed by atoms with van der Waals surface area (Å²) in [5.74, 6) is 0.475. The van der Waals surface area contributed by atoms with Crippen LogP contribution in [0.4, 0.5) is 5.82 Å². The van der Waals surface area contributed by atoms with Crippen LogP contribution in [-0.4, -0.2) is 26.2 Å². The number of nitrogens with zero attached hydrogens (tertiary/aromatic N) is 2. The Morgan fingerprint density at radius 3 is 2.87 bits per heavy atom. The van der Waals surface area contributed by atoms with Crippen molar-refractivity contribution in [3.63, 3.8) is 0 Å². The number of amides is 1. The number of fused-ring (bicyclic) bond motifs is 2. The van der Waals surface area contributed by atoms with Crippen molar-refractivity contribution in [2.45, 2.75) is 38.3 Å². The molecule has 3 aliphatic carbocycles. The number of nitrogens with one attached hydrogen (secondary N) is 2. The minimum Gasteiger partial charge on any atom is -0.382 e. The van der Waals surface area contributed by atoms with Gasteiger partial charge in [-0.2, -0.15) is 5.10 Å². The second kappa shape index (κ2) is 6.00. The first-order valence-corrected chi connectivity index (χ1v) is 10.7. The maximum atomic E-state index is 11.7. The molecule has 2 aromatic carbocycles. The van der Waals surface area contributed by atoms with Gasteiger partial charge in [-0.3, -0.25) is 9.89 Å². The third-order valence-electron chi connectivity index (χ3n) is 7.25. The SMILES string of the molecule is C=CC(=O)NC12CC(Cn3ccc4cc(-c5c(C)ccc6[nH]nc(N)c56)ccc43)(C1)C2. The minimum absolute atomic E-state index is 0.0160. The van der Waals surface area contributed by atoms with Crippen LogP contribution in [-0.2, 0) is 11.3 Å². The Morgan fingerprint density at radius 2 is 2.10 bits per heavy atom.